The Morgan fingerprint density at radius 2 is 1.30 bits per heavy atom. The minimum absolute atomic E-state index is 0.198. The van der Waals surface area contributed by atoms with Crippen LogP contribution in [0.1, 0.15) is 32.6 Å². The van der Waals surface area contributed by atoms with Crippen LogP contribution in [0.2, 0.25) is 0 Å². The second-order valence-corrected chi connectivity index (χ2v) is 4.86. The highest BCUT2D eigenvalue weighted by Gasteiger charge is 2.19. The summed E-state index contributed by atoms with van der Waals surface area (Å²) in [6.07, 6.45) is 0. The molecule has 0 aromatic heterocycles. The third-order valence-corrected chi connectivity index (χ3v) is 3.15. The van der Waals surface area contributed by atoms with E-state index in [1.165, 1.54) is 0 Å². The van der Waals surface area contributed by atoms with E-state index < -0.39 is 23.2 Å². The zero-order valence-corrected chi connectivity index (χ0v) is 11.4. The molecule has 0 radical (unpaired) electrons. The van der Waals surface area contributed by atoms with Gasteiger partial charge in [0.15, 0.2) is 23.2 Å². The molecular weight excluding hydrogens is 265 g/mol. The van der Waals surface area contributed by atoms with E-state index in [0.717, 1.165) is 28.8 Å². The Kier molecular flexibility index (Phi) is 3.66. The van der Waals surface area contributed by atoms with Gasteiger partial charge in [-0.1, -0.05) is 17.7 Å². The quantitative estimate of drug-likeness (QED) is 0.592. The van der Waals surface area contributed by atoms with Gasteiger partial charge in [0.25, 0.3) is 0 Å². The Labute approximate surface area is 115 Å². The lowest BCUT2D eigenvalue weighted by Crippen LogP contribution is -2.08. The normalized spacial score (nSPS) is 10.7. The average Bonchev–Trinajstić information content (AvgIpc) is 2.33. The monoisotopic (exact) mass is 278 g/mol. The molecule has 0 amide bonds. The van der Waals surface area contributed by atoms with E-state index in [1.807, 2.05) is 19.1 Å². The molecule has 0 bridgehead atoms. The number of aryl methyl sites for hydroxylation is 3. The largest absolute Gasteiger partial charge is 0.289 e. The molecule has 0 N–H and O–H groups in total. The summed E-state index contributed by atoms with van der Waals surface area (Å²) in [5.41, 5.74) is 2.63. The second kappa shape index (κ2) is 5.12. The number of carbonyl (C=O) groups excluding carboxylic acids is 1. The molecule has 0 unspecified atom stereocenters. The first-order chi connectivity index (χ1) is 9.31. The SMILES string of the molecule is Cc1cc(C)c(C(=O)c2cc(F)c(F)c(F)c2)c(C)c1. The maximum Gasteiger partial charge on any atom is 0.194 e. The van der Waals surface area contributed by atoms with Gasteiger partial charge in [0.05, 0.1) is 0 Å². The highest BCUT2D eigenvalue weighted by molar-refractivity contribution is 6.10. The zero-order chi connectivity index (χ0) is 15.0. The van der Waals surface area contributed by atoms with Crippen LogP contribution < -0.4 is 0 Å². The molecule has 2 aromatic rings. The van der Waals surface area contributed by atoms with E-state index in [-0.39, 0.29) is 5.56 Å². The van der Waals surface area contributed by atoms with E-state index >= 15 is 0 Å². The van der Waals surface area contributed by atoms with Crippen molar-refractivity contribution in [1.29, 1.82) is 0 Å². The van der Waals surface area contributed by atoms with Crippen molar-refractivity contribution in [1.82, 2.24) is 0 Å². The third kappa shape index (κ3) is 2.46. The summed E-state index contributed by atoms with van der Waals surface area (Å²) < 4.78 is 39.4. The van der Waals surface area contributed by atoms with Crippen LogP contribution in [0.15, 0.2) is 24.3 Å². The van der Waals surface area contributed by atoms with Crippen LogP contribution in [0.3, 0.4) is 0 Å². The molecule has 2 aromatic carbocycles. The Balaban J connectivity index is 2.58. The van der Waals surface area contributed by atoms with Gasteiger partial charge in [-0.25, -0.2) is 13.2 Å². The van der Waals surface area contributed by atoms with Crippen LogP contribution in [0, 0.1) is 38.2 Å². The van der Waals surface area contributed by atoms with Crippen LogP contribution in [-0.4, -0.2) is 5.78 Å². The van der Waals surface area contributed by atoms with Crippen molar-refractivity contribution in [2.45, 2.75) is 20.8 Å². The summed E-state index contributed by atoms with van der Waals surface area (Å²) >= 11 is 0. The molecule has 0 spiro atoms. The highest BCUT2D eigenvalue weighted by atomic mass is 19.2. The van der Waals surface area contributed by atoms with Crippen LogP contribution in [0.25, 0.3) is 0 Å². The fourth-order valence-corrected chi connectivity index (χ4v) is 2.37. The summed E-state index contributed by atoms with van der Waals surface area (Å²) in [7, 11) is 0. The topological polar surface area (TPSA) is 17.1 Å². The van der Waals surface area contributed by atoms with Crippen molar-refractivity contribution >= 4 is 5.78 Å². The van der Waals surface area contributed by atoms with Gasteiger partial charge in [0.2, 0.25) is 0 Å². The molecule has 0 saturated carbocycles. The molecule has 4 heteroatoms. The van der Waals surface area contributed by atoms with Crippen LogP contribution in [-0.2, 0) is 0 Å². The molecule has 0 fully saturated rings. The molecule has 0 aliphatic carbocycles. The van der Waals surface area contributed by atoms with Crippen LogP contribution in [0.5, 0.6) is 0 Å². The van der Waals surface area contributed by atoms with Crippen molar-refractivity contribution in [3.8, 4) is 0 Å². The lowest BCUT2D eigenvalue weighted by molar-refractivity contribution is 0.103. The fourth-order valence-electron chi connectivity index (χ4n) is 2.37. The Bertz CT molecular complexity index is 659. The molecule has 20 heavy (non-hydrogen) atoms. The molecule has 0 heterocycles. The van der Waals surface area contributed by atoms with Gasteiger partial charge in [-0.2, -0.15) is 0 Å². The van der Waals surface area contributed by atoms with Gasteiger partial charge < -0.3 is 0 Å². The van der Waals surface area contributed by atoms with Crippen LogP contribution in [0.4, 0.5) is 13.2 Å². The first kappa shape index (κ1) is 14.3. The number of hydrogen-bond acceptors (Lipinski definition) is 1. The smallest absolute Gasteiger partial charge is 0.194 e. The van der Waals surface area contributed by atoms with E-state index in [9.17, 15) is 18.0 Å². The summed E-state index contributed by atoms with van der Waals surface area (Å²) in [6, 6.07) is 5.08. The molecule has 2 rings (SSSR count). The maximum atomic E-state index is 13.2. The number of ketones is 1. The van der Waals surface area contributed by atoms with Crippen molar-refractivity contribution in [3.63, 3.8) is 0 Å². The molecule has 0 aliphatic heterocycles. The number of hydrogen-bond donors (Lipinski definition) is 0. The highest BCUT2D eigenvalue weighted by Crippen LogP contribution is 2.22. The standard InChI is InChI=1S/C16H13F3O/c1-8-4-9(2)14(10(3)5-8)16(20)11-6-12(17)15(19)13(18)7-11/h4-7H,1-3H3. The first-order valence-corrected chi connectivity index (χ1v) is 6.08. The van der Waals surface area contributed by atoms with E-state index in [2.05, 4.69) is 0 Å². The van der Waals surface area contributed by atoms with Crippen molar-refractivity contribution in [3.05, 3.63) is 69.5 Å². The van der Waals surface area contributed by atoms with Gasteiger partial charge in [0, 0.05) is 11.1 Å². The first-order valence-electron chi connectivity index (χ1n) is 6.08. The minimum atomic E-state index is -1.57. The van der Waals surface area contributed by atoms with Crippen molar-refractivity contribution < 1.29 is 18.0 Å². The molecule has 104 valence electrons. The summed E-state index contributed by atoms with van der Waals surface area (Å²) in [5, 5.41) is 0. The summed E-state index contributed by atoms with van der Waals surface area (Å²) in [4.78, 5) is 12.4. The second-order valence-electron chi connectivity index (χ2n) is 4.86. The predicted molar refractivity (Wildman–Crippen MR) is 70.4 cm³/mol. The van der Waals surface area contributed by atoms with E-state index in [4.69, 9.17) is 0 Å². The van der Waals surface area contributed by atoms with Gasteiger partial charge in [-0.3, -0.25) is 4.79 Å². The summed E-state index contributed by atoms with van der Waals surface area (Å²) in [6.45, 7) is 5.40. The van der Waals surface area contributed by atoms with Crippen molar-refractivity contribution in [2.24, 2.45) is 0 Å². The third-order valence-electron chi connectivity index (χ3n) is 3.15. The maximum absolute atomic E-state index is 13.2. The fraction of sp³-hybridized carbons (Fsp3) is 0.188. The molecule has 0 saturated heterocycles. The lowest BCUT2D eigenvalue weighted by atomic mass is 9.93. The lowest BCUT2D eigenvalue weighted by Gasteiger charge is -2.11. The molecule has 0 aliphatic rings. The van der Waals surface area contributed by atoms with Gasteiger partial charge >= 0.3 is 0 Å². The Morgan fingerprint density at radius 1 is 0.850 bits per heavy atom. The molecule has 1 nitrogen and oxygen atoms in total. The van der Waals surface area contributed by atoms with Gasteiger partial charge in [0.1, 0.15) is 0 Å². The average molecular weight is 278 g/mol. The molecule has 0 atom stereocenters. The Morgan fingerprint density at radius 3 is 1.75 bits per heavy atom. The number of carbonyl (C=O) groups is 1. The number of benzene rings is 2. The van der Waals surface area contributed by atoms with Gasteiger partial charge in [-0.15, -0.1) is 0 Å². The van der Waals surface area contributed by atoms with Crippen LogP contribution >= 0.6 is 0 Å². The van der Waals surface area contributed by atoms with E-state index in [1.54, 1.807) is 13.8 Å². The number of rotatable bonds is 2. The zero-order valence-electron chi connectivity index (χ0n) is 11.4. The Hall–Kier alpha value is -2.10. The molecular formula is C16H13F3O. The number of halogens is 3. The predicted octanol–water partition coefficient (Wildman–Crippen LogP) is 4.26. The van der Waals surface area contributed by atoms with Crippen molar-refractivity contribution in [2.75, 3.05) is 0 Å². The van der Waals surface area contributed by atoms with Gasteiger partial charge in [-0.05, 0) is 44.0 Å². The minimum Gasteiger partial charge on any atom is -0.289 e. The van der Waals surface area contributed by atoms with E-state index in [0.29, 0.717) is 5.56 Å². The summed E-state index contributed by atoms with van der Waals surface area (Å²) in [5.74, 6) is -4.82.